The second-order valence-corrected chi connectivity index (χ2v) is 9.12. The molecule has 0 spiro atoms. The quantitative estimate of drug-likeness (QED) is 0.588. The van der Waals surface area contributed by atoms with Gasteiger partial charge in [-0.05, 0) is 5.56 Å². The third-order valence-electron chi connectivity index (χ3n) is 3.68. The first kappa shape index (κ1) is 21.7. The summed E-state index contributed by atoms with van der Waals surface area (Å²) in [5.41, 5.74) is 1.34. The molecular weight excluding hydrogens is 369 g/mol. The van der Waals surface area contributed by atoms with Gasteiger partial charge < -0.3 is 5.32 Å². The van der Waals surface area contributed by atoms with Gasteiger partial charge in [0, 0.05) is 18.9 Å². The van der Waals surface area contributed by atoms with Crippen molar-refractivity contribution in [3.63, 3.8) is 0 Å². The summed E-state index contributed by atoms with van der Waals surface area (Å²) >= 11 is 0. The molecule has 3 nitrogen and oxygen atoms in total. The molecule has 1 heterocycles. The monoisotopic (exact) mass is 392 g/mol. The third kappa shape index (κ3) is 9.07. The van der Waals surface area contributed by atoms with Gasteiger partial charge in [0.25, 0.3) is 5.91 Å². The van der Waals surface area contributed by atoms with Crippen LogP contribution in [0.15, 0.2) is 30.3 Å². The Morgan fingerprint density at radius 3 is 1.84 bits per heavy atom. The van der Waals surface area contributed by atoms with Crippen LogP contribution in [0, 0.1) is 5.41 Å². The first-order chi connectivity index (χ1) is 10.8. The van der Waals surface area contributed by atoms with Gasteiger partial charge in [-0.2, -0.15) is 0 Å². The molecule has 1 saturated heterocycles. The Kier molecular flexibility index (Phi) is 5.32. The predicted octanol–water partition coefficient (Wildman–Crippen LogP) is 4.39. The van der Waals surface area contributed by atoms with Gasteiger partial charge in [-0.3, -0.25) is 9.69 Å². The summed E-state index contributed by atoms with van der Waals surface area (Å²) in [5.74, 6) is 0.249. The van der Waals surface area contributed by atoms with E-state index in [2.05, 4.69) is 38.2 Å². The minimum atomic E-state index is -10.7. The van der Waals surface area contributed by atoms with Gasteiger partial charge in [0.1, 0.15) is 0 Å². The molecule has 2 atom stereocenters. The van der Waals surface area contributed by atoms with Gasteiger partial charge in [0.05, 0.1) is 0 Å². The van der Waals surface area contributed by atoms with Crippen LogP contribution >= 0.6 is 7.81 Å². The fourth-order valence-electron chi connectivity index (χ4n) is 2.72. The van der Waals surface area contributed by atoms with Gasteiger partial charge in [-0.15, -0.1) is 0 Å². The Morgan fingerprint density at radius 1 is 1.04 bits per heavy atom. The van der Waals surface area contributed by atoms with E-state index in [9.17, 15) is 30.0 Å². The van der Waals surface area contributed by atoms with Crippen LogP contribution in [0.25, 0.3) is 0 Å². The number of halogens is 6. The van der Waals surface area contributed by atoms with Crippen molar-refractivity contribution in [1.29, 1.82) is 0 Å². The van der Waals surface area contributed by atoms with Crippen LogP contribution in [0.2, 0.25) is 0 Å². The van der Waals surface area contributed by atoms with E-state index in [0.29, 0.717) is 0 Å². The first-order valence-corrected chi connectivity index (χ1v) is 9.59. The number of nitrogens with two attached hydrogens (primary N) is 1. The van der Waals surface area contributed by atoms with Crippen LogP contribution in [-0.4, -0.2) is 30.1 Å². The Bertz CT molecular complexity index is 601. The van der Waals surface area contributed by atoms with Crippen LogP contribution in [0.4, 0.5) is 25.2 Å². The Balaban J connectivity index is 0.000000381. The molecule has 2 rings (SSSR count). The molecular formula is C15H23F6N2OP. The number of benzene rings is 1. The molecule has 1 aliphatic rings. The molecule has 1 aliphatic heterocycles. The van der Waals surface area contributed by atoms with Crippen molar-refractivity contribution >= 4 is 13.7 Å². The molecule has 0 aliphatic carbocycles. The molecule has 1 aromatic rings. The average Bonchev–Trinajstić information content (AvgIpc) is 2.64. The number of rotatable bonds is 2. The van der Waals surface area contributed by atoms with E-state index < -0.39 is 7.81 Å². The summed E-state index contributed by atoms with van der Waals surface area (Å²) < 4.78 is 59.2. The minimum absolute atomic E-state index is 0.0293. The van der Waals surface area contributed by atoms with E-state index in [1.807, 2.05) is 30.1 Å². The number of nitrogens with zero attached hydrogens (tertiary/aromatic N) is 1. The number of hydrogen-bond donors (Lipinski definition) is 1. The summed E-state index contributed by atoms with van der Waals surface area (Å²) in [4.78, 5) is 14.2. The van der Waals surface area contributed by atoms with Gasteiger partial charge >= 0.3 is 33.0 Å². The average molecular weight is 392 g/mol. The van der Waals surface area contributed by atoms with E-state index in [-0.39, 0.29) is 23.5 Å². The molecule has 1 aromatic carbocycles. The normalized spacial score (nSPS) is 24.2. The third-order valence-corrected chi connectivity index (χ3v) is 3.68. The molecule has 0 unspecified atom stereocenters. The summed E-state index contributed by atoms with van der Waals surface area (Å²) in [7, 11) is -8.74. The van der Waals surface area contributed by atoms with Crippen LogP contribution in [0.3, 0.4) is 0 Å². The van der Waals surface area contributed by atoms with Gasteiger partial charge in [-0.1, -0.05) is 51.1 Å². The van der Waals surface area contributed by atoms with Crippen molar-refractivity contribution in [1.82, 2.24) is 4.90 Å². The van der Waals surface area contributed by atoms with Crippen molar-refractivity contribution in [3.8, 4) is 0 Å². The van der Waals surface area contributed by atoms with Gasteiger partial charge in [0.15, 0.2) is 12.2 Å². The maximum atomic E-state index is 12.3. The SMILES string of the molecule is CN1C(=O)[C@H](Cc2ccccc2)[NH2+][C@@H]1C(C)(C)C.F[P-](F)(F)(F)(F)F. The number of carbonyl (C=O) groups is 1. The van der Waals surface area contributed by atoms with Crippen molar-refractivity contribution in [2.24, 2.45) is 5.41 Å². The summed E-state index contributed by atoms with van der Waals surface area (Å²) in [5, 5.41) is 2.22. The molecule has 1 amide bonds. The zero-order valence-corrected chi connectivity index (χ0v) is 15.3. The maximum absolute atomic E-state index is 12.3. The summed E-state index contributed by atoms with van der Waals surface area (Å²) in [6, 6.07) is 10.3. The van der Waals surface area contributed by atoms with Crippen molar-refractivity contribution in [2.75, 3.05) is 7.05 Å². The Labute approximate surface area is 142 Å². The molecule has 25 heavy (non-hydrogen) atoms. The standard InChI is InChI=1S/C15H22N2O.F6P/c1-15(2,3)14-16-12(13(18)17(14)4)10-11-8-6-5-7-9-11;1-7(2,3,4,5)6/h5-9,12,14,16H,10H2,1-4H3;/q;-1/p+1/t12-,14-;/m0./s1. The van der Waals surface area contributed by atoms with Crippen molar-refractivity contribution < 1.29 is 35.3 Å². The second-order valence-electron chi connectivity index (χ2n) is 7.21. The number of quaternary nitrogens is 1. The van der Waals surface area contributed by atoms with Gasteiger partial charge in [-0.25, -0.2) is 0 Å². The van der Waals surface area contributed by atoms with Crippen LogP contribution < -0.4 is 5.32 Å². The summed E-state index contributed by atoms with van der Waals surface area (Å²) in [6.45, 7) is 6.55. The van der Waals surface area contributed by atoms with Crippen molar-refractivity contribution in [2.45, 2.75) is 39.4 Å². The topological polar surface area (TPSA) is 36.9 Å². The van der Waals surface area contributed by atoms with E-state index in [1.165, 1.54) is 5.56 Å². The first-order valence-electron chi connectivity index (χ1n) is 7.56. The van der Waals surface area contributed by atoms with E-state index in [0.717, 1.165) is 6.42 Å². The Hall–Kier alpha value is -1.34. The molecule has 0 bridgehead atoms. The molecule has 0 saturated carbocycles. The van der Waals surface area contributed by atoms with E-state index >= 15 is 0 Å². The number of amides is 1. The number of likely N-dealkylation sites (N-methyl/N-ethyl adjacent to an activating group) is 1. The second kappa shape index (κ2) is 6.13. The van der Waals surface area contributed by atoms with E-state index in [1.54, 1.807) is 0 Å². The van der Waals surface area contributed by atoms with Gasteiger partial charge in [0.2, 0.25) is 0 Å². The molecule has 146 valence electrons. The molecule has 10 heteroatoms. The summed E-state index contributed by atoms with van der Waals surface area (Å²) in [6.07, 6.45) is 1.05. The van der Waals surface area contributed by atoms with Crippen molar-refractivity contribution in [3.05, 3.63) is 35.9 Å². The Morgan fingerprint density at radius 2 is 1.48 bits per heavy atom. The predicted molar refractivity (Wildman–Crippen MR) is 85.4 cm³/mol. The number of hydrogen-bond acceptors (Lipinski definition) is 1. The zero-order chi connectivity index (χ0) is 19.7. The fourth-order valence-corrected chi connectivity index (χ4v) is 2.72. The number of carbonyl (C=O) groups excluding carboxylic acids is 1. The fraction of sp³-hybridized carbons (Fsp3) is 0.533. The van der Waals surface area contributed by atoms with Crippen LogP contribution in [0.5, 0.6) is 0 Å². The zero-order valence-electron chi connectivity index (χ0n) is 14.4. The molecule has 0 aromatic heterocycles. The molecule has 0 radical (unpaired) electrons. The molecule has 2 N–H and O–H groups in total. The van der Waals surface area contributed by atoms with E-state index in [4.69, 9.17) is 0 Å². The molecule has 1 fully saturated rings. The van der Waals surface area contributed by atoms with Crippen LogP contribution in [0.1, 0.15) is 26.3 Å². The van der Waals surface area contributed by atoms with Crippen LogP contribution in [-0.2, 0) is 11.2 Å².